The number of nitrogens with two attached hydrogens (primary N) is 1. The van der Waals surface area contributed by atoms with Gasteiger partial charge in [-0.05, 0) is 30.9 Å². The number of aliphatic hydroxyl groups excluding tert-OH is 1. The number of nitrogens with one attached hydrogen (secondary N) is 1. The zero-order valence-corrected chi connectivity index (χ0v) is 17.2. The Labute approximate surface area is 179 Å². The second-order valence-corrected chi connectivity index (χ2v) is 8.43. The van der Waals surface area contributed by atoms with Gasteiger partial charge >= 0.3 is 13.1 Å². The molecule has 11 nitrogen and oxygen atoms in total. The molecule has 0 unspecified atom stereocenters. The van der Waals surface area contributed by atoms with Crippen LogP contribution in [0.2, 0.25) is 5.82 Å². The van der Waals surface area contributed by atoms with E-state index in [-0.39, 0.29) is 48.9 Å². The lowest BCUT2D eigenvalue weighted by Gasteiger charge is -2.42. The Morgan fingerprint density at radius 3 is 2.58 bits per heavy atom. The first-order valence-corrected chi connectivity index (χ1v) is 10.1. The largest absolute Gasteiger partial charge is 0.507 e. The first-order valence-electron chi connectivity index (χ1n) is 10.1. The van der Waals surface area contributed by atoms with E-state index in [1.807, 2.05) is 4.90 Å². The van der Waals surface area contributed by atoms with Crippen molar-refractivity contribution in [3.8, 4) is 11.5 Å². The monoisotopic (exact) mass is 437 g/mol. The van der Waals surface area contributed by atoms with Gasteiger partial charge < -0.3 is 41.2 Å². The zero-order chi connectivity index (χ0) is 22.9. The summed E-state index contributed by atoms with van der Waals surface area (Å²) in [4.78, 5) is 25.7. The van der Waals surface area contributed by atoms with Gasteiger partial charge in [0.05, 0.1) is 6.61 Å². The number of benzene rings is 1. The lowest BCUT2D eigenvalue weighted by atomic mass is 9.81. The van der Waals surface area contributed by atoms with Gasteiger partial charge in [0.15, 0.2) is 0 Å². The second-order valence-electron chi connectivity index (χ2n) is 8.43. The van der Waals surface area contributed by atoms with E-state index in [0.717, 1.165) is 0 Å². The van der Waals surface area contributed by atoms with E-state index in [9.17, 15) is 29.9 Å². The molecule has 0 bridgehead atoms. The number of ether oxygens (including phenoxy) is 1. The molecule has 3 atom stereocenters. The van der Waals surface area contributed by atoms with Gasteiger partial charge in [-0.1, -0.05) is 6.07 Å². The van der Waals surface area contributed by atoms with E-state index in [1.54, 1.807) is 13.0 Å². The summed E-state index contributed by atoms with van der Waals surface area (Å²) in [5.74, 6) is -2.88. The second kappa shape index (κ2) is 9.01. The molecule has 1 amide bonds. The number of aliphatic hydroxyl groups is 1. The molecule has 0 aromatic heterocycles. The SMILES string of the molecule is C[C@](N)(CN1CC(Oc2ccc([C@@H]3C[C@@H]3B(O)O)c(O)c2C(=O)O)C1)C(=O)NCCO. The number of amides is 1. The van der Waals surface area contributed by atoms with Crippen LogP contribution in [0.1, 0.15) is 35.2 Å². The van der Waals surface area contributed by atoms with Crippen molar-refractivity contribution < 1.29 is 39.7 Å². The van der Waals surface area contributed by atoms with Gasteiger partial charge in [0.1, 0.15) is 28.7 Å². The summed E-state index contributed by atoms with van der Waals surface area (Å²) in [5.41, 5.74) is 4.88. The Morgan fingerprint density at radius 2 is 2.03 bits per heavy atom. The molecule has 3 rings (SSSR count). The van der Waals surface area contributed by atoms with Gasteiger partial charge in [-0.3, -0.25) is 9.69 Å². The molecule has 1 aliphatic carbocycles. The summed E-state index contributed by atoms with van der Waals surface area (Å²) in [6.07, 6.45) is 0.110. The molecular formula is C19H28BN3O8. The molecule has 170 valence electrons. The summed E-state index contributed by atoms with van der Waals surface area (Å²) in [7, 11) is -1.52. The molecule has 2 aliphatic rings. The van der Waals surface area contributed by atoms with E-state index < -0.39 is 30.2 Å². The zero-order valence-electron chi connectivity index (χ0n) is 17.2. The van der Waals surface area contributed by atoms with Crippen LogP contribution in [0, 0.1) is 0 Å². The van der Waals surface area contributed by atoms with Gasteiger partial charge in [-0.2, -0.15) is 0 Å². The molecule has 0 radical (unpaired) electrons. The quantitative estimate of drug-likeness (QED) is 0.208. The van der Waals surface area contributed by atoms with Crippen molar-refractivity contribution in [2.24, 2.45) is 5.73 Å². The molecule has 1 aromatic rings. The lowest BCUT2D eigenvalue weighted by Crippen LogP contribution is -2.64. The van der Waals surface area contributed by atoms with Crippen LogP contribution in [-0.4, -0.2) is 93.7 Å². The van der Waals surface area contributed by atoms with Crippen molar-refractivity contribution in [3.63, 3.8) is 0 Å². The van der Waals surface area contributed by atoms with Crippen LogP contribution >= 0.6 is 0 Å². The van der Waals surface area contributed by atoms with Crippen molar-refractivity contribution >= 4 is 19.0 Å². The smallest absolute Gasteiger partial charge is 0.455 e. The fourth-order valence-electron chi connectivity index (χ4n) is 3.91. The molecule has 2 fully saturated rings. The van der Waals surface area contributed by atoms with E-state index >= 15 is 0 Å². The minimum absolute atomic E-state index is 0.0244. The van der Waals surface area contributed by atoms with Crippen LogP contribution < -0.4 is 15.8 Å². The Balaban J connectivity index is 1.61. The highest BCUT2D eigenvalue weighted by Crippen LogP contribution is 2.56. The minimum Gasteiger partial charge on any atom is -0.507 e. The molecule has 1 heterocycles. The number of carboxylic acid groups (broad SMARTS) is 1. The molecule has 1 saturated carbocycles. The number of likely N-dealkylation sites (tertiary alicyclic amines) is 1. The van der Waals surface area contributed by atoms with Gasteiger partial charge in [0.25, 0.3) is 0 Å². The van der Waals surface area contributed by atoms with E-state index in [0.29, 0.717) is 25.1 Å². The van der Waals surface area contributed by atoms with E-state index in [1.165, 1.54) is 6.07 Å². The highest BCUT2D eigenvalue weighted by molar-refractivity contribution is 6.44. The van der Waals surface area contributed by atoms with Crippen LogP contribution in [0.4, 0.5) is 0 Å². The number of rotatable bonds is 10. The molecular weight excluding hydrogens is 409 g/mol. The van der Waals surface area contributed by atoms with Crippen molar-refractivity contribution in [3.05, 3.63) is 23.3 Å². The fraction of sp³-hybridized carbons (Fsp3) is 0.579. The maximum absolute atomic E-state index is 12.1. The molecule has 0 spiro atoms. The summed E-state index contributed by atoms with van der Waals surface area (Å²) in [5, 5.41) is 49.9. The fourth-order valence-corrected chi connectivity index (χ4v) is 3.91. The Hall–Kier alpha value is -2.38. The maximum atomic E-state index is 12.1. The number of phenols is 1. The lowest BCUT2D eigenvalue weighted by molar-refractivity contribution is -0.127. The number of aromatic carboxylic acids is 1. The van der Waals surface area contributed by atoms with Gasteiger partial charge in [0.2, 0.25) is 5.91 Å². The maximum Gasteiger partial charge on any atom is 0.455 e. The molecule has 1 aromatic carbocycles. The standard InChI is InChI=1S/C19H28BN3O8/c1-19(21,18(28)22-4-5-24)9-23-7-10(8-23)31-14-3-2-11(12-6-13(12)20(29)30)16(25)15(14)17(26)27/h2-3,10,12-13,24-25,29-30H,4-9,21H2,1H3,(H,22,28)(H,26,27)/t12-,13-,19-/m0/s1. The third kappa shape index (κ3) is 5.10. The number of carbonyl (C=O) groups excluding carboxylic acids is 1. The highest BCUT2D eigenvalue weighted by atomic mass is 16.5. The predicted molar refractivity (Wildman–Crippen MR) is 110 cm³/mol. The average molecular weight is 437 g/mol. The normalized spacial score (nSPS) is 22.9. The first kappa shape index (κ1) is 23.3. The number of hydrogen-bond donors (Lipinski definition) is 7. The summed E-state index contributed by atoms with van der Waals surface area (Å²) < 4.78 is 5.77. The van der Waals surface area contributed by atoms with Crippen LogP contribution in [0.15, 0.2) is 12.1 Å². The van der Waals surface area contributed by atoms with Gasteiger partial charge in [-0.15, -0.1) is 0 Å². The molecule has 8 N–H and O–H groups in total. The molecule has 1 saturated heterocycles. The Kier molecular flexibility index (Phi) is 6.77. The van der Waals surface area contributed by atoms with Crippen molar-refractivity contribution in [1.29, 1.82) is 0 Å². The van der Waals surface area contributed by atoms with Crippen molar-refractivity contribution in [1.82, 2.24) is 10.2 Å². The predicted octanol–water partition coefficient (Wildman–Crippen LogP) is -1.69. The summed E-state index contributed by atoms with van der Waals surface area (Å²) in [6.45, 7) is 2.62. The summed E-state index contributed by atoms with van der Waals surface area (Å²) >= 11 is 0. The van der Waals surface area contributed by atoms with Crippen LogP contribution in [0.5, 0.6) is 11.5 Å². The third-order valence-corrected chi connectivity index (χ3v) is 5.69. The van der Waals surface area contributed by atoms with Crippen LogP contribution in [-0.2, 0) is 4.79 Å². The molecule has 1 aliphatic heterocycles. The Morgan fingerprint density at radius 1 is 1.35 bits per heavy atom. The number of nitrogens with zero attached hydrogens (tertiary/aromatic N) is 1. The van der Waals surface area contributed by atoms with E-state index in [4.69, 9.17) is 15.6 Å². The number of aromatic hydroxyl groups is 1. The molecule has 12 heteroatoms. The minimum atomic E-state index is -1.52. The van der Waals surface area contributed by atoms with E-state index in [2.05, 4.69) is 5.32 Å². The highest BCUT2D eigenvalue weighted by Gasteiger charge is 2.48. The first-order chi connectivity index (χ1) is 14.5. The third-order valence-electron chi connectivity index (χ3n) is 5.69. The van der Waals surface area contributed by atoms with Crippen molar-refractivity contribution in [2.45, 2.75) is 36.7 Å². The number of carbonyl (C=O) groups is 2. The molecule has 31 heavy (non-hydrogen) atoms. The van der Waals surface area contributed by atoms with Gasteiger partial charge in [-0.25, -0.2) is 4.79 Å². The number of hydrogen-bond acceptors (Lipinski definition) is 9. The van der Waals surface area contributed by atoms with Crippen LogP contribution in [0.25, 0.3) is 0 Å². The number of carboxylic acids is 1. The van der Waals surface area contributed by atoms with Crippen molar-refractivity contribution in [2.75, 3.05) is 32.8 Å². The average Bonchev–Trinajstić information content (AvgIpc) is 3.44. The topological polar surface area (TPSA) is 186 Å². The Bertz CT molecular complexity index is 844. The van der Waals surface area contributed by atoms with Crippen LogP contribution in [0.3, 0.4) is 0 Å². The van der Waals surface area contributed by atoms with Gasteiger partial charge in [0, 0.05) is 32.0 Å². The summed E-state index contributed by atoms with van der Waals surface area (Å²) in [6, 6.07) is 3.01.